The molecule has 0 atom stereocenters. The molecule has 0 spiro atoms. The van der Waals surface area contributed by atoms with Crippen LogP contribution in [0.5, 0.6) is 0 Å². The fraction of sp³-hybridized carbons (Fsp3) is 0.235. The average Bonchev–Trinajstić information content (AvgIpc) is 2.87. The van der Waals surface area contributed by atoms with Gasteiger partial charge in [-0.1, -0.05) is 12.1 Å². The minimum Gasteiger partial charge on any atom is -0.308 e. The van der Waals surface area contributed by atoms with E-state index < -0.39 is 10.0 Å². The molecule has 0 bridgehead atoms. The normalized spacial score (nSPS) is 16.0. The number of nitrogens with zero attached hydrogens (tertiary/aromatic N) is 1. The van der Waals surface area contributed by atoms with E-state index in [1.54, 1.807) is 24.3 Å². The number of aryl methyl sites for hydroxylation is 1. The monoisotopic (exact) mass is 345 g/mol. The Labute approximate surface area is 141 Å². The van der Waals surface area contributed by atoms with Crippen LogP contribution in [0.4, 0.5) is 21.9 Å². The van der Waals surface area contributed by atoms with Crippen LogP contribution in [-0.4, -0.2) is 26.7 Å². The predicted molar refractivity (Wildman–Crippen MR) is 96.0 cm³/mol. The number of carbonyl (C=O) groups is 1. The van der Waals surface area contributed by atoms with Crippen molar-refractivity contribution in [3.05, 3.63) is 54.1 Å². The summed E-state index contributed by atoms with van der Waals surface area (Å²) in [5.74, 6) is 0.186. The molecular weight excluding hydrogens is 326 g/mol. The Balaban J connectivity index is 1.65. The molecule has 126 valence electrons. The van der Waals surface area contributed by atoms with Crippen molar-refractivity contribution < 1.29 is 13.2 Å². The molecule has 0 radical (unpaired) electrons. The zero-order chi connectivity index (χ0) is 17.2. The van der Waals surface area contributed by atoms with Crippen LogP contribution in [0, 0.1) is 6.92 Å². The first kappa shape index (κ1) is 16.3. The van der Waals surface area contributed by atoms with Gasteiger partial charge in [-0.05, 0) is 55.3 Å². The Hall–Kier alpha value is -2.54. The molecule has 0 unspecified atom stereocenters. The molecule has 6 nitrogen and oxygen atoms in total. The van der Waals surface area contributed by atoms with Crippen LogP contribution in [0.2, 0.25) is 0 Å². The molecule has 1 aliphatic heterocycles. The van der Waals surface area contributed by atoms with Gasteiger partial charge in [0.15, 0.2) is 0 Å². The largest absolute Gasteiger partial charge is 0.323 e. The summed E-state index contributed by atoms with van der Waals surface area (Å²) in [6, 6.07) is 14.0. The lowest BCUT2D eigenvalue weighted by Gasteiger charge is -2.17. The van der Waals surface area contributed by atoms with E-state index in [2.05, 4.69) is 10.6 Å². The van der Waals surface area contributed by atoms with E-state index in [0.717, 1.165) is 5.56 Å². The summed E-state index contributed by atoms with van der Waals surface area (Å²) < 4.78 is 25.2. The zero-order valence-corrected chi connectivity index (χ0v) is 14.1. The van der Waals surface area contributed by atoms with Gasteiger partial charge in [0.05, 0.1) is 11.4 Å². The van der Waals surface area contributed by atoms with Crippen LogP contribution in [0.25, 0.3) is 0 Å². The highest BCUT2D eigenvalue weighted by molar-refractivity contribution is 7.93. The third-order valence-electron chi connectivity index (χ3n) is 3.79. The molecule has 0 saturated carbocycles. The first-order valence-electron chi connectivity index (χ1n) is 7.69. The van der Waals surface area contributed by atoms with Gasteiger partial charge < -0.3 is 10.6 Å². The number of carbonyl (C=O) groups excluding carboxylic acids is 1. The van der Waals surface area contributed by atoms with Crippen LogP contribution >= 0.6 is 0 Å². The summed E-state index contributed by atoms with van der Waals surface area (Å²) >= 11 is 0. The number of urea groups is 1. The number of hydrogen-bond donors (Lipinski definition) is 2. The molecule has 1 saturated heterocycles. The Morgan fingerprint density at radius 2 is 1.75 bits per heavy atom. The molecule has 24 heavy (non-hydrogen) atoms. The number of anilines is 3. The lowest BCUT2D eigenvalue weighted by Crippen LogP contribution is -2.25. The van der Waals surface area contributed by atoms with Gasteiger partial charge in [-0.15, -0.1) is 0 Å². The molecule has 7 heteroatoms. The predicted octanol–water partition coefficient (Wildman–Crippen LogP) is 3.18. The summed E-state index contributed by atoms with van der Waals surface area (Å²) in [6.45, 7) is 2.46. The molecule has 2 aromatic rings. The fourth-order valence-electron chi connectivity index (χ4n) is 2.66. The van der Waals surface area contributed by atoms with E-state index in [4.69, 9.17) is 0 Å². The molecule has 2 N–H and O–H groups in total. The zero-order valence-electron chi connectivity index (χ0n) is 13.3. The first-order valence-corrected chi connectivity index (χ1v) is 9.30. The molecule has 2 aromatic carbocycles. The third-order valence-corrected chi connectivity index (χ3v) is 5.66. The lowest BCUT2D eigenvalue weighted by atomic mass is 10.2. The Morgan fingerprint density at radius 1 is 1.04 bits per heavy atom. The standard InChI is InChI=1S/C17H19N3O3S/c1-13-4-2-5-15(12-13)19-17(21)18-14-6-8-16(9-7-14)20-10-3-11-24(20,22)23/h2,4-9,12H,3,10-11H2,1H3,(H2,18,19,21). The second-order valence-electron chi connectivity index (χ2n) is 5.74. The maximum atomic E-state index is 12.0. The summed E-state index contributed by atoms with van der Waals surface area (Å²) in [5, 5.41) is 5.49. The number of nitrogens with one attached hydrogen (secondary N) is 2. The average molecular weight is 345 g/mol. The van der Waals surface area contributed by atoms with Crippen molar-refractivity contribution in [3.8, 4) is 0 Å². The summed E-state index contributed by atoms with van der Waals surface area (Å²) in [7, 11) is -3.19. The molecule has 0 aliphatic carbocycles. The maximum absolute atomic E-state index is 12.0. The third kappa shape index (κ3) is 3.68. The highest BCUT2D eigenvalue weighted by Gasteiger charge is 2.28. The van der Waals surface area contributed by atoms with Gasteiger partial charge in [0.1, 0.15) is 0 Å². The van der Waals surface area contributed by atoms with Gasteiger partial charge in [0, 0.05) is 17.9 Å². The lowest BCUT2D eigenvalue weighted by molar-refractivity contribution is 0.262. The number of sulfonamides is 1. The van der Waals surface area contributed by atoms with Gasteiger partial charge in [-0.25, -0.2) is 13.2 Å². The van der Waals surface area contributed by atoms with E-state index in [9.17, 15) is 13.2 Å². The summed E-state index contributed by atoms with van der Waals surface area (Å²) in [6.07, 6.45) is 0.640. The van der Waals surface area contributed by atoms with E-state index in [1.807, 2.05) is 31.2 Å². The van der Waals surface area contributed by atoms with Gasteiger partial charge in [-0.3, -0.25) is 4.31 Å². The highest BCUT2D eigenvalue weighted by Crippen LogP contribution is 2.25. The Kier molecular flexibility index (Phi) is 4.44. The quantitative estimate of drug-likeness (QED) is 0.897. The van der Waals surface area contributed by atoms with Crippen molar-refractivity contribution in [2.45, 2.75) is 13.3 Å². The molecule has 1 fully saturated rings. The van der Waals surface area contributed by atoms with Crippen LogP contribution < -0.4 is 14.9 Å². The van der Waals surface area contributed by atoms with Crippen LogP contribution in [0.15, 0.2) is 48.5 Å². The van der Waals surface area contributed by atoms with Crippen molar-refractivity contribution in [1.29, 1.82) is 0 Å². The van der Waals surface area contributed by atoms with Crippen molar-refractivity contribution >= 4 is 33.1 Å². The van der Waals surface area contributed by atoms with Crippen LogP contribution in [-0.2, 0) is 10.0 Å². The van der Waals surface area contributed by atoms with Crippen molar-refractivity contribution in [2.24, 2.45) is 0 Å². The molecule has 1 aliphatic rings. The Bertz CT molecular complexity index is 848. The van der Waals surface area contributed by atoms with Crippen molar-refractivity contribution in [3.63, 3.8) is 0 Å². The van der Waals surface area contributed by atoms with Gasteiger partial charge in [0.25, 0.3) is 0 Å². The van der Waals surface area contributed by atoms with Gasteiger partial charge in [0.2, 0.25) is 10.0 Å². The summed E-state index contributed by atoms with van der Waals surface area (Å²) in [4.78, 5) is 12.0. The molecule has 2 amide bonds. The molecule has 0 aromatic heterocycles. The fourth-order valence-corrected chi connectivity index (χ4v) is 4.22. The van der Waals surface area contributed by atoms with E-state index in [1.165, 1.54) is 4.31 Å². The van der Waals surface area contributed by atoms with Gasteiger partial charge >= 0.3 is 6.03 Å². The molecular formula is C17H19N3O3S. The van der Waals surface area contributed by atoms with E-state index in [0.29, 0.717) is 30.0 Å². The maximum Gasteiger partial charge on any atom is 0.323 e. The second-order valence-corrected chi connectivity index (χ2v) is 7.75. The molecule has 3 rings (SSSR count). The SMILES string of the molecule is Cc1cccc(NC(=O)Nc2ccc(N3CCCS3(=O)=O)cc2)c1. The number of rotatable bonds is 3. The van der Waals surface area contributed by atoms with Gasteiger partial charge in [-0.2, -0.15) is 0 Å². The number of hydrogen-bond acceptors (Lipinski definition) is 3. The van der Waals surface area contributed by atoms with Crippen molar-refractivity contribution in [2.75, 3.05) is 27.2 Å². The number of benzene rings is 2. The Morgan fingerprint density at radius 3 is 2.38 bits per heavy atom. The highest BCUT2D eigenvalue weighted by atomic mass is 32.2. The van der Waals surface area contributed by atoms with Crippen molar-refractivity contribution in [1.82, 2.24) is 0 Å². The minimum absolute atomic E-state index is 0.186. The second kappa shape index (κ2) is 6.52. The van der Waals surface area contributed by atoms with E-state index >= 15 is 0 Å². The topological polar surface area (TPSA) is 78.5 Å². The smallest absolute Gasteiger partial charge is 0.308 e. The van der Waals surface area contributed by atoms with Crippen LogP contribution in [0.3, 0.4) is 0 Å². The summed E-state index contributed by atoms with van der Waals surface area (Å²) in [5.41, 5.74) is 2.99. The van der Waals surface area contributed by atoms with Crippen LogP contribution in [0.1, 0.15) is 12.0 Å². The number of amides is 2. The minimum atomic E-state index is -3.19. The van der Waals surface area contributed by atoms with E-state index in [-0.39, 0.29) is 11.8 Å². The molecule has 1 heterocycles. The first-order chi connectivity index (χ1) is 11.4.